The fourth-order valence-electron chi connectivity index (χ4n) is 1.34. The van der Waals surface area contributed by atoms with Gasteiger partial charge >= 0.3 is 0 Å². The van der Waals surface area contributed by atoms with Crippen LogP contribution in [0.3, 0.4) is 0 Å². The summed E-state index contributed by atoms with van der Waals surface area (Å²) in [5.41, 5.74) is 0.898. The molecule has 0 atom stereocenters. The van der Waals surface area contributed by atoms with Crippen LogP contribution in [0.15, 0.2) is 35.0 Å². The fraction of sp³-hybridized carbons (Fsp3) is 0.0909. The van der Waals surface area contributed by atoms with Gasteiger partial charge in [-0.25, -0.2) is 4.99 Å². The Morgan fingerprint density at radius 2 is 2.13 bits per heavy atom. The van der Waals surface area contributed by atoms with Crippen molar-refractivity contribution in [3.05, 3.63) is 35.5 Å². The van der Waals surface area contributed by atoms with Crippen molar-refractivity contribution in [3.8, 4) is 5.75 Å². The van der Waals surface area contributed by atoms with Crippen molar-refractivity contribution >= 4 is 17.8 Å². The zero-order chi connectivity index (χ0) is 10.8. The number of carbonyl (C=O) groups is 1. The number of nitrogens with one attached hydrogen (secondary N) is 1. The molecule has 15 heavy (non-hydrogen) atoms. The molecular formula is C11H10N2O2. The van der Waals surface area contributed by atoms with Crippen LogP contribution < -0.4 is 5.32 Å². The monoisotopic (exact) mass is 202 g/mol. The molecule has 1 aliphatic rings. The van der Waals surface area contributed by atoms with Gasteiger partial charge in [0.05, 0.1) is 0 Å². The van der Waals surface area contributed by atoms with Gasteiger partial charge in [-0.05, 0) is 19.1 Å². The first kappa shape index (κ1) is 9.45. The summed E-state index contributed by atoms with van der Waals surface area (Å²) in [5.74, 6) is 0.468. The van der Waals surface area contributed by atoms with Gasteiger partial charge in [-0.2, -0.15) is 0 Å². The molecule has 1 heterocycles. The van der Waals surface area contributed by atoms with E-state index < -0.39 is 0 Å². The van der Waals surface area contributed by atoms with Crippen LogP contribution in [0.2, 0.25) is 0 Å². The quantitative estimate of drug-likeness (QED) is 0.674. The molecule has 4 heteroatoms. The van der Waals surface area contributed by atoms with Crippen LogP contribution in [0.5, 0.6) is 5.75 Å². The molecule has 1 aromatic rings. The van der Waals surface area contributed by atoms with E-state index in [0.717, 1.165) is 0 Å². The number of benzene rings is 1. The molecule has 1 aliphatic heterocycles. The number of hydrogen-bond acceptors (Lipinski definition) is 3. The zero-order valence-corrected chi connectivity index (χ0v) is 8.19. The topological polar surface area (TPSA) is 61.7 Å². The first-order valence-corrected chi connectivity index (χ1v) is 4.53. The first-order valence-electron chi connectivity index (χ1n) is 4.53. The van der Waals surface area contributed by atoms with Gasteiger partial charge in [0, 0.05) is 5.56 Å². The summed E-state index contributed by atoms with van der Waals surface area (Å²) in [6.45, 7) is 1.71. The molecule has 0 radical (unpaired) electrons. The third-order valence-corrected chi connectivity index (χ3v) is 2.04. The van der Waals surface area contributed by atoms with E-state index in [2.05, 4.69) is 10.3 Å². The van der Waals surface area contributed by atoms with Crippen molar-refractivity contribution < 1.29 is 9.90 Å². The Balaban J connectivity index is 2.39. The molecule has 0 fully saturated rings. The van der Waals surface area contributed by atoms with Gasteiger partial charge < -0.3 is 10.4 Å². The Labute approximate surface area is 87.0 Å². The Morgan fingerprint density at radius 3 is 2.73 bits per heavy atom. The van der Waals surface area contributed by atoms with Crippen molar-refractivity contribution in [2.45, 2.75) is 6.92 Å². The molecule has 0 aliphatic carbocycles. The van der Waals surface area contributed by atoms with Crippen LogP contribution in [0, 0.1) is 0 Å². The van der Waals surface area contributed by atoms with Gasteiger partial charge in [0.15, 0.2) is 0 Å². The third kappa shape index (κ3) is 1.88. The average molecular weight is 202 g/mol. The van der Waals surface area contributed by atoms with Gasteiger partial charge in [0.2, 0.25) is 0 Å². The number of nitrogens with zero attached hydrogens (tertiary/aromatic N) is 1. The van der Waals surface area contributed by atoms with Gasteiger partial charge in [-0.15, -0.1) is 0 Å². The summed E-state index contributed by atoms with van der Waals surface area (Å²) >= 11 is 0. The standard InChI is InChI=1S/C11H10N2O2/c1-7-12-9(11(15)13-7)6-8-4-2-3-5-10(8)14/h2-6,14H,1H3,(H,12,13,15). The molecule has 0 saturated carbocycles. The molecule has 4 nitrogen and oxygen atoms in total. The average Bonchev–Trinajstić information content (AvgIpc) is 2.49. The number of rotatable bonds is 1. The number of aromatic hydroxyl groups is 1. The highest BCUT2D eigenvalue weighted by atomic mass is 16.3. The largest absolute Gasteiger partial charge is 0.507 e. The van der Waals surface area contributed by atoms with Crippen molar-refractivity contribution in [1.29, 1.82) is 0 Å². The van der Waals surface area contributed by atoms with E-state index in [1.165, 1.54) is 0 Å². The summed E-state index contributed by atoms with van der Waals surface area (Å²) in [6.07, 6.45) is 1.56. The maximum absolute atomic E-state index is 11.3. The minimum absolute atomic E-state index is 0.137. The van der Waals surface area contributed by atoms with Crippen LogP contribution in [0.1, 0.15) is 12.5 Å². The fourth-order valence-corrected chi connectivity index (χ4v) is 1.34. The first-order chi connectivity index (χ1) is 7.16. The molecule has 2 rings (SSSR count). The highest BCUT2D eigenvalue weighted by Gasteiger charge is 2.16. The van der Waals surface area contributed by atoms with Crippen molar-refractivity contribution in [2.24, 2.45) is 4.99 Å². The van der Waals surface area contributed by atoms with Crippen LogP contribution >= 0.6 is 0 Å². The van der Waals surface area contributed by atoms with E-state index >= 15 is 0 Å². The number of hydrogen-bond donors (Lipinski definition) is 2. The molecule has 0 unspecified atom stereocenters. The summed E-state index contributed by atoms with van der Waals surface area (Å²) in [5, 5.41) is 12.1. The lowest BCUT2D eigenvalue weighted by Gasteiger charge is -1.97. The predicted octanol–water partition coefficient (Wildman–Crippen LogP) is 1.28. The van der Waals surface area contributed by atoms with Crippen molar-refractivity contribution in [2.75, 3.05) is 0 Å². The summed E-state index contributed by atoms with van der Waals surface area (Å²) < 4.78 is 0. The Kier molecular flexibility index (Phi) is 2.25. The van der Waals surface area contributed by atoms with E-state index in [-0.39, 0.29) is 11.7 Å². The van der Waals surface area contributed by atoms with Crippen LogP contribution in [-0.4, -0.2) is 16.8 Å². The van der Waals surface area contributed by atoms with Crippen LogP contribution in [0.25, 0.3) is 6.08 Å². The third-order valence-electron chi connectivity index (χ3n) is 2.04. The molecule has 1 aromatic carbocycles. The number of phenols is 1. The maximum atomic E-state index is 11.3. The van der Waals surface area contributed by atoms with E-state index in [9.17, 15) is 9.90 Å². The lowest BCUT2D eigenvalue weighted by molar-refractivity contribution is -0.115. The number of carbonyl (C=O) groups excluding carboxylic acids is 1. The lowest BCUT2D eigenvalue weighted by Crippen LogP contribution is -2.21. The van der Waals surface area contributed by atoms with Gasteiger partial charge in [0.25, 0.3) is 5.91 Å². The van der Waals surface area contributed by atoms with Crippen LogP contribution in [0.4, 0.5) is 0 Å². The number of para-hydroxylation sites is 1. The second kappa shape index (κ2) is 3.57. The highest BCUT2D eigenvalue weighted by molar-refractivity contribution is 6.13. The molecule has 76 valence electrons. The molecule has 0 saturated heterocycles. The second-order valence-corrected chi connectivity index (χ2v) is 3.24. The van der Waals surface area contributed by atoms with E-state index in [1.807, 2.05) is 0 Å². The molecule has 0 bridgehead atoms. The number of amidine groups is 1. The minimum Gasteiger partial charge on any atom is -0.507 e. The van der Waals surface area contributed by atoms with Crippen LogP contribution in [-0.2, 0) is 4.79 Å². The second-order valence-electron chi connectivity index (χ2n) is 3.24. The molecule has 0 spiro atoms. The van der Waals surface area contributed by atoms with Gasteiger partial charge in [0.1, 0.15) is 17.3 Å². The molecule has 2 N–H and O–H groups in total. The van der Waals surface area contributed by atoms with E-state index in [4.69, 9.17) is 0 Å². The Morgan fingerprint density at radius 1 is 1.40 bits per heavy atom. The lowest BCUT2D eigenvalue weighted by atomic mass is 10.1. The van der Waals surface area contributed by atoms with Crippen molar-refractivity contribution in [3.63, 3.8) is 0 Å². The summed E-state index contributed by atoms with van der Waals surface area (Å²) in [6, 6.07) is 6.80. The number of phenolic OH excluding ortho intramolecular Hbond substituents is 1. The minimum atomic E-state index is -0.240. The highest BCUT2D eigenvalue weighted by Crippen LogP contribution is 2.20. The molecule has 0 aromatic heterocycles. The Hall–Kier alpha value is -2.10. The number of aliphatic imine (C=N–C) groups is 1. The predicted molar refractivity (Wildman–Crippen MR) is 57.3 cm³/mol. The van der Waals surface area contributed by atoms with E-state index in [1.54, 1.807) is 37.3 Å². The summed E-state index contributed by atoms with van der Waals surface area (Å²) in [7, 11) is 0. The Bertz CT molecular complexity index is 475. The zero-order valence-electron chi connectivity index (χ0n) is 8.19. The summed E-state index contributed by atoms with van der Waals surface area (Å²) in [4.78, 5) is 15.3. The normalized spacial score (nSPS) is 17.8. The van der Waals surface area contributed by atoms with Gasteiger partial charge in [-0.3, -0.25) is 4.79 Å². The maximum Gasteiger partial charge on any atom is 0.275 e. The molecule has 1 amide bonds. The smallest absolute Gasteiger partial charge is 0.275 e. The van der Waals surface area contributed by atoms with E-state index in [0.29, 0.717) is 17.1 Å². The van der Waals surface area contributed by atoms with Gasteiger partial charge in [-0.1, -0.05) is 18.2 Å². The number of amides is 1. The molecular weight excluding hydrogens is 192 g/mol. The van der Waals surface area contributed by atoms with Crippen molar-refractivity contribution in [1.82, 2.24) is 5.32 Å². The SMILES string of the molecule is CC1=NC(=Cc2ccccc2O)C(=O)N1.